The number of alkyl carbamates (subject to hydrolysis) is 1. The van der Waals surface area contributed by atoms with E-state index >= 15 is 0 Å². The minimum atomic E-state index is -1.16. The number of aliphatic hydroxyl groups is 1. The summed E-state index contributed by atoms with van der Waals surface area (Å²) < 4.78 is 5.47. The van der Waals surface area contributed by atoms with Gasteiger partial charge in [-0.1, -0.05) is 82.6 Å². The standard InChI is InChI=1S/C39H50N6O6S/c1-5-26(4)21-41-36(47)20-35(46)32(17-25(2)3)43-38(49)34(19-29-23-52-24-42-29)44-37(48)33(45-39(50)51-22-27-11-7-6-8-12-27)18-28-13-9-15-31-30(28)14-10-16-40-31/h6-16,23-26,32-35,46H,5,17-22H2,1-4H3,(H,41,47)(H,43,49)(H,44,48)(H,45,50)/t26?,32?,33-,34-,35?/m0/s1. The Labute approximate surface area is 309 Å². The van der Waals surface area contributed by atoms with E-state index in [1.807, 2.05) is 82.3 Å². The molecule has 0 aliphatic carbocycles. The van der Waals surface area contributed by atoms with Gasteiger partial charge in [0.05, 0.1) is 35.3 Å². The van der Waals surface area contributed by atoms with Crippen LogP contribution in [0, 0.1) is 11.8 Å². The lowest BCUT2D eigenvalue weighted by Crippen LogP contribution is -2.57. The third-order valence-electron chi connectivity index (χ3n) is 8.77. The van der Waals surface area contributed by atoms with Gasteiger partial charge in [-0.15, -0.1) is 11.3 Å². The minimum Gasteiger partial charge on any atom is -0.445 e. The van der Waals surface area contributed by atoms with Crippen molar-refractivity contribution in [3.63, 3.8) is 0 Å². The molecule has 13 heteroatoms. The summed E-state index contributed by atoms with van der Waals surface area (Å²) in [5.74, 6) is -1.09. The highest BCUT2D eigenvalue weighted by molar-refractivity contribution is 7.07. The highest BCUT2D eigenvalue weighted by Gasteiger charge is 2.32. The van der Waals surface area contributed by atoms with Crippen LogP contribution in [0.15, 0.2) is 77.8 Å². The van der Waals surface area contributed by atoms with E-state index in [-0.39, 0.29) is 37.7 Å². The second kappa shape index (κ2) is 20.2. The average Bonchev–Trinajstić information content (AvgIpc) is 3.65. The Morgan fingerprint density at radius 2 is 1.62 bits per heavy atom. The van der Waals surface area contributed by atoms with E-state index in [1.165, 1.54) is 11.3 Å². The second-order valence-corrected chi connectivity index (χ2v) is 14.2. The molecular weight excluding hydrogens is 681 g/mol. The van der Waals surface area contributed by atoms with Crippen LogP contribution in [-0.4, -0.2) is 69.7 Å². The Kier molecular flexibility index (Phi) is 15.5. The van der Waals surface area contributed by atoms with Gasteiger partial charge < -0.3 is 31.1 Å². The smallest absolute Gasteiger partial charge is 0.408 e. The van der Waals surface area contributed by atoms with Gasteiger partial charge in [-0.05, 0) is 41.5 Å². The number of hydrogen-bond acceptors (Lipinski definition) is 9. The number of rotatable bonds is 19. The van der Waals surface area contributed by atoms with Crippen LogP contribution in [0.4, 0.5) is 4.79 Å². The van der Waals surface area contributed by atoms with Gasteiger partial charge in [-0.3, -0.25) is 19.4 Å². The van der Waals surface area contributed by atoms with Gasteiger partial charge in [0.25, 0.3) is 0 Å². The van der Waals surface area contributed by atoms with Gasteiger partial charge in [0.1, 0.15) is 18.7 Å². The van der Waals surface area contributed by atoms with E-state index in [0.29, 0.717) is 24.6 Å². The molecule has 4 amide bonds. The molecule has 12 nitrogen and oxygen atoms in total. The Morgan fingerprint density at radius 3 is 2.33 bits per heavy atom. The number of nitrogens with one attached hydrogen (secondary N) is 4. The number of pyridine rings is 1. The van der Waals surface area contributed by atoms with Gasteiger partial charge in [-0.25, -0.2) is 9.78 Å². The molecule has 4 aromatic rings. The molecule has 4 rings (SSSR count). The molecule has 0 spiro atoms. The Bertz CT molecular complexity index is 1730. The zero-order valence-electron chi connectivity index (χ0n) is 30.2. The van der Waals surface area contributed by atoms with E-state index in [0.717, 1.165) is 28.5 Å². The lowest BCUT2D eigenvalue weighted by atomic mass is 9.96. The Hall–Kier alpha value is -4.88. The molecule has 2 aromatic heterocycles. The predicted octanol–water partition coefficient (Wildman–Crippen LogP) is 4.70. The van der Waals surface area contributed by atoms with Crippen LogP contribution in [0.5, 0.6) is 0 Å². The predicted molar refractivity (Wildman–Crippen MR) is 201 cm³/mol. The first kappa shape index (κ1) is 39.9. The zero-order chi connectivity index (χ0) is 37.5. The van der Waals surface area contributed by atoms with E-state index in [1.54, 1.807) is 23.2 Å². The van der Waals surface area contributed by atoms with Crippen molar-refractivity contribution >= 4 is 46.1 Å². The molecule has 278 valence electrons. The SMILES string of the molecule is CCC(C)CNC(=O)CC(O)C(CC(C)C)NC(=O)[C@H](Cc1cscn1)NC(=O)[C@H](Cc1cccc2ncccc12)NC(=O)OCc1ccccc1. The van der Waals surface area contributed by atoms with Crippen molar-refractivity contribution in [3.8, 4) is 0 Å². The number of hydrogen-bond donors (Lipinski definition) is 5. The van der Waals surface area contributed by atoms with Crippen LogP contribution in [0.3, 0.4) is 0 Å². The number of aliphatic hydroxyl groups excluding tert-OH is 1. The van der Waals surface area contributed by atoms with Crippen LogP contribution in [-0.2, 0) is 38.6 Å². The van der Waals surface area contributed by atoms with Crippen molar-refractivity contribution < 1.29 is 29.0 Å². The number of carbonyl (C=O) groups excluding carboxylic acids is 4. The first-order chi connectivity index (χ1) is 25.0. The number of thiazole rings is 1. The number of ether oxygens (including phenoxy) is 1. The van der Waals surface area contributed by atoms with Gasteiger partial charge in [0.2, 0.25) is 17.7 Å². The van der Waals surface area contributed by atoms with Gasteiger partial charge in [0.15, 0.2) is 0 Å². The molecule has 5 N–H and O–H groups in total. The molecule has 52 heavy (non-hydrogen) atoms. The summed E-state index contributed by atoms with van der Waals surface area (Å²) in [6.07, 6.45) is 0.988. The first-order valence-electron chi connectivity index (χ1n) is 17.7. The Balaban J connectivity index is 1.54. The highest BCUT2D eigenvalue weighted by atomic mass is 32.1. The van der Waals surface area contributed by atoms with Crippen LogP contribution in [0.25, 0.3) is 10.9 Å². The molecule has 3 unspecified atom stereocenters. The molecule has 2 heterocycles. The summed E-state index contributed by atoms with van der Waals surface area (Å²) in [6.45, 7) is 8.48. The van der Waals surface area contributed by atoms with E-state index in [2.05, 4.69) is 31.2 Å². The van der Waals surface area contributed by atoms with Gasteiger partial charge in [-0.2, -0.15) is 0 Å². The number of benzene rings is 2. The second-order valence-electron chi connectivity index (χ2n) is 13.5. The topological polar surface area (TPSA) is 172 Å². The van der Waals surface area contributed by atoms with Crippen molar-refractivity contribution in [3.05, 3.63) is 94.6 Å². The molecule has 0 fully saturated rings. The van der Waals surface area contributed by atoms with Crippen molar-refractivity contribution in [2.45, 2.75) is 90.6 Å². The van der Waals surface area contributed by atoms with Crippen LogP contribution in [0.1, 0.15) is 63.8 Å². The summed E-state index contributed by atoms with van der Waals surface area (Å²) in [5.41, 5.74) is 4.50. The number of nitrogens with zero attached hydrogens (tertiary/aromatic N) is 2. The van der Waals surface area contributed by atoms with Crippen molar-refractivity contribution in [1.82, 2.24) is 31.2 Å². The van der Waals surface area contributed by atoms with Crippen molar-refractivity contribution in [2.24, 2.45) is 11.8 Å². The highest BCUT2D eigenvalue weighted by Crippen LogP contribution is 2.19. The first-order valence-corrected chi connectivity index (χ1v) is 18.7. The molecule has 0 bridgehead atoms. The summed E-state index contributed by atoms with van der Waals surface area (Å²) in [6, 6.07) is 15.4. The third kappa shape index (κ3) is 12.7. The van der Waals surface area contributed by atoms with Gasteiger partial charge >= 0.3 is 6.09 Å². The van der Waals surface area contributed by atoms with Crippen molar-refractivity contribution in [2.75, 3.05) is 6.54 Å². The third-order valence-corrected chi connectivity index (χ3v) is 9.40. The fourth-order valence-electron chi connectivity index (χ4n) is 5.65. The van der Waals surface area contributed by atoms with Gasteiger partial charge in [0, 0.05) is 36.3 Å². The summed E-state index contributed by atoms with van der Waals surface area (Å²) in [5, 5.41) is 25.1. The maximum Gasteiger partial charge on any atom is 0.408 e. The average molecular weight is 731 g/mol. The summed E-state index contributed by atoms with van der Waals surface area (Å²) in [7, 11) is 0. The molecule has 0 aliphatic heterocycles. The van der Waals surface area contributed by atoms with Crippen LogP contribution >= 0.6 is 11.3 Å². The molecule has 2 aromatic carbocycles. The fourth-order valence-corrected chi connectivity index (χ4v) is 6.22. The quantitative estimate of drug-likeness (QED) is 0.0924. The molecule has 0 radical (unpaired) electrons. The molecule has 5 atom stereocenters. The number of fused-ring (bicyclic) bond motifs is 1. The maximum absolute atomic E-state index is 14.1. The summed E-state index contributed by atoms with van der Waals surface area (Å²) >= 11 is 1.36. The maximum atomic E-state index is 14.1. The number of amides is 4. The number of carbonyl (C=O) groups is 4. The van der Waals surface area contributed by atoms with Crippen molar-refractivity contribution in [1.29, 1.82) is 0 Å². The van der Waals surface area contributed by atoms with E-state index in [4.69, 9.17) is 4.74 Å². The van der Waals surface area contributed by atoms with Crippen LogP contribution < -0.4 is 21.3 Å². The largest absolute Gasteiger partial charge is 0.445 e. The summed E-state index contributed by atoms with van der Waals surface area (Å²) in [4.78, 5) is 62.6. The lowest BCUT2D eigenvalue weighted by Gasteiger charge is -2.29. The Morgan fingerprint density at radius 1 is 0.865 bits per heavy atom. The molecule has 0 aliphatic rings. The number of aromatic nitrogens is 2. The fraction of sp³-hybridized carbons (Fsp3) is 0.436. The molecule has 0 saturated carbocycles. The minimum absolute atomic E-state index is 0.00325. The zero-order valence-corrected chi connectivity index (χ0v) is 31.0. The van der Waals surface area contributed by atoms with E-state index < -0.39 is 42.1 Å². The molecule has 0 saturated heterocycles. The lowest BCUT2D eigenvalue weighted by molar-refractivity contribution is -0.131. The van der Waals surface area contributed by atoms with E-state index in [9.17, 15) is 24.3 Å². The normalized spacial score (nSPS) is 14.1. The monoisotopic (exact) mass is 730 g/mol. The van der Waals surface area contributed by atoms with Crippen LogP contribution in [0.2, 0.25) is 0 Å². The molecular formula is C39H50N6O6S.